The lowest BCUT2D eigenvalue weighted by molar-refractivity contribution is 0.549. The van der Waals surface area contributed by atoms with Gasteiger partial charge in [0.15, 0.2) is 5.96 Å². The van der Waals surface area contributed by atoms with Crippen LogP contribution in [-0.4, -0.2) is 5.96 Å². The molecule has 0 fully saturated rings. The fraction of sp³-hybridized carbons (Fsp3) is 0.211. The molecule has 1 aromatic heterocycles. The number of aryl methyl sites for hydroxylation is 3. The lowest BCUT2D eigenvalue weighted by Crippen LogP contribution is -2.22. The van der Waals surface area contributed by atoms with E-state index in [9.17, 15) is 0 Å². The monoisotopic (exact) mass is 307 g/mol. The van der Waals surface area contributed by atoms with Gasteiger partial charge in [-0.1, -0.05) is 24.3 Å². The highest BCUT2D eigenvalue weighted by Crippen LogP contribution is 2.25. The molecule has 0 amide bonds. The van der Waals surface area contributed by atoms with Gasteiger partial charge in [0.05, 0.1) is 0 Å². The number of guanidine groups is 1. The quantitative estimate of drug-likeness (QED) is 0.560. The first-order chi connectivity index (χ1) is 11.0. The molecule has 0 unspecified atom stereocenters. The average molecular weight is 307 g/mol. The van der Waals surface area contributed by atoms with Gasteiger partial charge in [0.2, 0.25) is 0 Å². The molecule has 0 atom stereocenters. The Morgan fingerprint density at radius 3 is 2.61 bits per heavy atom. The van der Waals surface area contributed by atoms with Crippen LogP contribution in [0.25, 0.3) is 11.0 Å². The first kappa shape index (κ1) is 15.2. The molecule has 0 aliphatic rings. The minimum atomic E-state index is 0.383. The van der Waals surface area contributed by atoms with Crippen LogP contribution in [0.3, 0.4) is 0 Å². The molecule has 3 aromatic rings. The van der Waals surface area contributed by atoms with Gasteiger partial charge in [-0.05, 0) is 50.1 Å². The Morgan fingerprint density at radius 1 is 1.09 bits per heavy atom. The number of anilines is 1. The van der Waals surface area contributed by atoms with Crippen molar-refractivity contribution in [3.8, 4) is 0 Å². The second-order valence-corrected chi connectivity index (χ2v) is 5.77. The topological polar surface area (TPSA) is 63.5 Å². The van der Waals surface area contributed by atoms with E-state index in [0.29, 0.717) is 12.5 Å². The molecule has 4 heteroatoms. The summed E-state index contributed by atoms with van der Waals surface area (Å²) < 4.78 is 5.84. The zero-order valence-corrected chi connectivity index (χ0v) is 13.7. The van der Waals surface area contributed by atoms with E-state index < -0.39 is 0 Å². The zero-order valence-electron chi connectivity index (χ0n) is 13.7. The molecule has 0 aliphatic carbocycles. The van der Waals surface area contributed by atoms with Crippen molar-refractivity contribution in [2.24, 2.45) is 10.7 Å². The number of para-hydroxylation sites is 1. The highest BCUT2D eigenvalue weighted by molar-refractivity contribution is 5.92. The number of hydrogen-bond donors (Lipinski definition) is 2. The summed E-state index contributed by atoms with van der Waals surface area (Å²) in [6.07, 6.45) is 0. The van der Waals surface area contributed by atoms with Crippen molar-refractivity contribution in [1.82, 2.24) is 0 Å². The molecular formula is C19H21N3O. The van der Waals surface area contributed by atoms with Crippen LogP contribution in [0.2, 0.25) is 0 Å². The molecule has 0 aliphatic heterocycles. The van der Waals surface area contributed by atoms with Crippen LogP contribution >= 0.6 is 0 Å². The summed E-state index contributed by atoms with van der Waals surface area (Å²) in [4.78, 5) is 4.39. The number of aliphatic imine (C=N–C) groups is 1. The van der Waals surface area contributed by atoms with Crippen LogP contribution in [-0.2, 0) is 6.54 Å². The van der Waals surface area contributed by atoms with Crippen molar-refractivity contribution in [2.45, 2.75) is 27.3 Å². The highest BCUT2D eigenvalue weighted by Gasteiger charge is 2.09. The summed E-state index contributed by atoms with van der Waals surface area (Å²) in [5, 5.41) is 4.24. The molecule has 118 valence electrons. The van der Waals surface area contributed by atoms with Crippen molar-refractivity contribution in [2.75, 3.05) is 5.32 Å². The number of nitrogens with one attached hydrogen (secondary N) is 1. The van der Waals surface area contributed by atoms with E-state index in [-0.39, 0.29) is 0 Å². The summed E-state index contributed by atoms with van der Waals surface area (Å²) in [6.45, 7) is 6.63. The maximum Gasteiger partial charge on any atom is 0.193 e. The van der Waals surface area contributed by atoms with Gasteiger partial charge in [-0.3, -0.25) is 0 Å². The smallest absolute Gasteiger partial charge is 0.193 e. The minimum absolute atomic E-state index is 0.383. The second kappa shape index (κ2) is 6.16. The van der Waals surface area contributed by atoms with Crippen molar-refractivity contribution in [3.63, 3.8) is 0 Å². The molecule has 0 saturated carbocycles. The van der Waals surface area contributed by atoms with Crippen LogP contribution < -0.4 is 11.1 Å². The number of benzene rings is 2. The van der Waals surface area contributed by atoms with Gasteiger partial charge in [0.1, 0.15) is 17.9 Å². The molecule has 3 N–H and O–H groups in total. The third-order valence-corrected chi connectivity index (χ3v) is 4.11. The van der Waals surface area contributed by atoms with E-state index in [2.05, 4.69) is 42.4 Å². The van der Waals surface area contributed by atoms with Gasteiger partial charge in [-0.15, -0.1) is 0 Å². The highest BCUT2D eigenvalue weighted by atomic mass is 16.3. The van der Waals surface area contributed by atoms with Gasteiger partial charge in [-0.25, -0.2) is 4.99 Å². The van der Waals surface area contributed by atoms with Gasteiger partial charge >= 0.3 is 0 Å². The molecule has 1 heterocycles. The Bertz CT molecular complexity index is 877. The molecule has 2 aromatic carbocycles. The Balaban J connectivity index is 1.75. The SMILES string of the molecule is Cc1ccc(NC(N)=NCc2oc3ccccc3c2C)cc1C. The van der Waals surface area contributed by atoms with Crippen LogP contribution in [0.4, 0.5) is 5.69 Å². The Labute approximate surface area is 136 Å². The number of rotatable bonds is 3. The third kappa shape index (κ3) is 3.21. The predicted molar refractivity (Wildman–Crippen MR) is 95.8 cm³/mol. The fourth-order valence-electron chi connectivity index (χ4n) is 2.54. The van der Waals surface area contributed by atoms with E-state index in [1.807, 2.05) is 31.2 Å². The number of hydrogen-bond acceptors (Lipinski definition) is 2. The van der Waals surface area contributed by atoms with Crippen molar-refractivity contribution < 1.29 is 4.42 Å². The minimum Gasteiger partial charge on any atom is -0.459 e. The summed E-state index contributed by atoms with van der Waals surface area (Å²) in [7, 11) is 0. The lowest BCUT2D eigenvalue weighted by Gasteiger charge is -2.07. The van der Waals surface area contributed by atoms with Gasteiger partial charge < -0.3 is 15.5 Å². The van der Waals surface area contributed by atoms with Crippen molar-refractivity contribution in [1.29, 1.82) is 0 Å². The number of fused-ring (bicyclic) bond motifs is 1. The Morgan fingerprint density at radius 2 is 1.87 bits per heavy atom. The van der Waals surface area contributed by atoms with Crippen molar-refractivity contribution >= 4 is 22.6 Å². The Kier molecular flexibility index (Phi) is 4.06. The zero-order chi connectivity index (χ0) is 16.4. The second-order valence-electron chi connectivity index (χ2n) is 5.77. The molecular weight excluding hydrogens is 286 g/mol. The summed E-state index contributed by atoms with van der Waals surface area (Å²) in [5.41, 5.74) is 11.4. The molecule has 0 radical (unpaired) electrons. The molecule has 0 bridgehead atoms. The first-order valence-corrected chi connectivity index (χ1v) is 7.66. The van der Waals surface area contributed by atoms with E-state index in [0.717, 1.165) is 28.0 Å². The van der Waals surface area contributed by atoms with Crippen LogP contribution in [0.15, 0.2) is 51.9 Å². The summed E-state index contributed by atoms with van der Waals surface area (Å²) in [5.74, 6) is 1.23. The van der Waals surface area contributed by atoms with Crippen molar-refractivity contribution in [3.05, 3.63) is 64.9 Å². The van der Waals surface area contributed by atoms with E-state index in [4.69, 9.17) is 10.2 Å². The number of furan rings is 1. The largest absolute Gasteiger partial charge is 0.459 e. The lowest BCUT2D eigenvalue weighted by atomic mass is 10.1. The van der Waals surface area contributed by atoms with Gasteiger partial charge in [0, 0.05) is 16.6 Å². The van der Waals surface area contributed by atoms with Gasteiger partial charge in [-0.2, -0.15) is 0 Å². The molecule has 23 heavy (non-hydrogen) atoms. The summed E-state index contributed by atoms with van der Waals surface area (Å²) in [6, 6.07) is 14.1. The predicted octanol–water partition coefficient (Wildman–Crippen LogP) is 4.28. The van der Waals surface area contributed by atoms with E-state index in [1.54, 1.807) is 0 Å². The summed E-state index contributed by atoms with van der Waals surface area (Å²) >= 11 is 0. The molecule has 3 rings (SSSR count). The standard InChI is InChI=1S/C19H21N3O/c1-12-8-9-15(10-13(12)2)22-19(20)21-11-18-14(3)16-6-4-5-7-17(16)23-18/h4-10H,11H2,1-3H3,(H3,20,21,22). The Hall–Kier alpha value is -2.75. The average Bonchev–Trinajstić information content (AvgIpc) is 2.86. The molecule has 4 nitrogen and oxygen atoms in total. The fourth-order valence-corrected chi connectivity index (χ4v) is 2.54. The maximum atomic E-state index is 5.98. The third-order valence-electron chi connectivity index (χ3n) is 4.11. The van der Waals surface area contributed by atoms with Crippen LogP contribution in [0, 0.1) is 20.8 Å². The normalized spacial score (nSPS) is 11.9. The molecule has 0 saturated heterocycles. The first-order valence-electron chi connectivity index (χ1n) is 7.66. The van der Waals surface area contributed by atoms with E-state index >= 15 is 0 Å². The maximum absolute atomic E-state index is 5.98. The van der Waals surface area contributed by atoms with Gasteiger partial charge in [0.25, 0.3) is 0 Å². The van der Waals surface area contributed by atoms with Crippen LogP contribution in [0.1, 0.15) is 22.5 Å². The molecule has 0 spiro atoms. The van der Waals surface area contributed by atoms with E-state index in [1.165, 1.54) is 11.1 Å². The number of nitrogens with zero attached hydrogens (tertiary/aromatic N) is 1. The van der Waals surface area contributed by atoms with Crippen LogP contribution in [0.5, 0.6) is 0 Å². The number of nitrogens with two attached hydrogens (primary N) is 1.